The number of carbonyl (C=O) groups excluding carboxylic acids is 1. The molecule has 1 fully saturated rings. The summed E-state index contributed by atoms with van der Waals surface area (Å²) in [6.45, 7) is 4.89. The Morgan fingerprint density at radius 1 is 1.35 bits per heavy atom. The molecule has 1 amide bonds. The fourth-order valence-corrected chi connectivity index (χ4v) is 2.87. The maximum atomic E-state index is 12.0. The lowest BCUT2D eigenvalue weighted by molar-refractivity contribution is -0.132. The van der Waals surface area contributed by atoms with Crippen LogP contribution in [0, 0.1) is 0 Å². The normalized spacial score (nSPS) is 17.0. The van der Waals surface area contributed by atoms with Gasteiger partial charge in [0, 0.05) is 24.0 Å². The predicted molar refractivity (Wildman–Crippen MR) is 82.0 cm³/mol. The summed E-state index contributed by atoms with van der Waals surface area (Å²) in [5.74, 6) is 0.701. The Labute approximate surface area is 124 Å². The summed E-state index contributed by atoms with van der Waals surface area (Å²) in [4.78, 5) is 15.1. The van der Waals surface area contributed by atoms with E-state index in [0.29, 0.717) is 25.0 Å². The highest BCUT2D eigenvalue weighted by Gasteiger charge is 2.16. The Morgan fingerprint density at radius 2 is 2.00 bits per heavy atom. The van der Waals surface area contributed by atoms with Gasteiger partial charge in [0.2, 0.25) is 5.91 Å². The summed E-state index contributed by atoms with van der Waals surface area (Å²) < 4.78 is 5.25. The van der Waals surface area contributed by atoms with Gasteiger partial charge in [0.25, 0.3) is 0 Å². The minimum atomic E-state index is 0.200. The van der Waals surface area contributed by atoms with Gasteiger partial charge < -0.3 is 15.0 Å². The summed E-state index contributed by atoms with van der Waals surface area (Å²) >= 11 is 1.60. The molecule has 1 saturated heterocycles. The molecular weight excluding hydrogens is 272 g/mol. The Morgan fingerprint density at radius 3 is 2.60 bits per heavy atom. The van der Waals surface area contributed by atoms with Crippen molar-refractivity contribution in [2.45, 2.75) is 17.9 Å². The Hall–Kier alpha value is -1.04. The summed E-state index contributed by atoms with van der Waals surface area (Å²) in [5, 5.41) is 3.21. The van der Waals surface area contributed by atoms with Crippen molar-refractivity contribution in [3.05, 3.63) is 29.8 Å². The number of carbonyl (C=O) groups is 1. The highest BCUT2D eigenvalue weighted by molar-refractivity contribution is 8.00. The van der Waals surface area contributed by atoms with Crippen LogP contribution < -0.4 is 5.32 Å². The van der Waals surface area contributed by atoms with Crippen LogP contribution in [0.5, 0.6) is 0 Å². The molecule has 1 unspecified atom stereocenters. The first kappa shape index (κ1) is 15.4. The van der Waals surface area contributed by atoms with Crippen LogP contribution in [0.15, 0.2) is 29.2 Å². The molecule has 110 valence electrons. The van der Waals surface area contributed by atoms with Crippen LogP contribution in [0.2, 0.25) is 0 Å². The predicted octanol–water partition coefficient (Wildman–Crippen LogP) is 1.92. The van der Waals surface area contributed by atoms with E-state index in [2.05, 4.69) is 36.5 Å². The summed E-state index contributed by atoms with van der Waals surface area (Å²) in [5.41, 5.74) is 1.26. The van der Waals surface area contributed by atoms with E-state index in [1.807, 2.05) is 11.9 Å². The van der Waals surface area contributed by atoms with Crippen LogP contribution in [-0.4, -0.2) is 49.9 Å². The molecular formula is C15H22N2O2S. The van der Waals surface area contributed by atoms with E-state index >= 15 is 0 Å². The van der Waals surface area contributed by atoms with E-state index in [9.17, 15) is 4.79 Å². The van der Waals surface area contributed by atoms with E-state index in [0.717, 1.165) is 18.0 Å². The zero-order chi connectivity index (χ0) is 14.4. The van der Waals surface area contributed by atoms with Crippen molar-refractivity contribution >= 4 is 17.7 Å². The molecule has 1 heterocycles. The van der Waals surface area contributed by atoms with Crippen molar-refractivity contribution in [2.75, 3.05) is 39.1 Å². The van der Waals surface area contributed by atoms with E-state index in [-0.39, 0.29) is 5.91 Å². The Bertz CT molecular complexity index is 430. The molecule has 1 aliphatic heterocycles. The van der Waals surface area contributed by atoms with Gasteiger partial charge in [-0.25, -0.2) is 0 Å². The van der Waals surface area contributed by atoms with Gasteiger partial charge in [0.15, 0.2) is 0 Å². The second-order valence-electron chi connectivity index (χ2n) is 4.86. The number of nitrogens with zero attached hydrogens (tertiary/aromatic N) is 1. The number of rotatable bonds is 5. The summed E-state index contributed by atoms with van der Waals surface area (Å²) in [6, 6.07) is 8.75. The fourth-order valence-electron chi connectivity index (χ4n) is 2.07. The molecule has 1 N–H and O–H groups in total. The third kappa shape index (κ3) is 4.23. The maximum absolute atomic E-state index is 12.0. The molecule has 2 rings (SSSR count). The Balaban J connectivity index is 1.82. The zero-order valence-electron chi connectivity index (χ0n) is 12.1. The van der Waals surface area contributed by atoms with Crippen molar-refractivity contribution < 1.29 is 9.53 Å². The average Bonchev–Trinajstić information content (AvgIpc) is 2.53. The molecule has 1 atom stereocenters. The second-order valence-corrected chi connectivity index (χ2v) is 5.91. The lowest BCUT2D eigenvalue weighted by atomic mass is 10.1. The zero-order valence-corrected chi connectivity index (χ0v) is 12.9. The van der Waals surface area contributed by atoms with Crippen LogP contribution in [0.4, 0.5) is 0 Å². The molecule has 0 radical (unpaired) electrons. The largest absolute Gasteiger partial charge is 0.378 e. The third-order valence-electron chi connectivity index (χ3n) is 3.54. The van der Waals surface area contributed by atoms with Crippen molar-refractivity contribution in [2.24, 2.45) is 0 Å². The lowest BCUT2D eigenvalue weighted by Crippen LogP contribution is -2.41. The highest BCUT2D eigenvalue weighted by atomic mass is 32.2. The van der Waals surface area contributed by atoms with Crippen molar-refractivity contribution in [3.63, 3.8) is 0 Å². The first-order chi connectivity index (χ1) is 9.70. The van der Waals surface area contributed by atoms with E-state index < -0.39 is 0 Å². The number of nitrogens with one attached hydrogen (secondary N) is 1. The van der Waals surface area contributed by atoms with Crippen molar-refractivity contribution in [1.82, 2.24) is 10.2 Å². The van der Waals surface area contributed by atoms with Gasteiger partial charge >= 0.3 is 0 Å². The smallest absolute Gasteiger partial charge is 0.233 e. The van der Waals surface area contributed by atoms with E-state index in [4.69, 9.17) is 4.74 Å². The van der Waals surface area contributed by atoms with Crippen molar-refractivity contribution in [3.8, 4) is 0 Å². The minimum Gasteiger partial charge on any atom is -0.378 e. The molecule has 0 spiro atoms. The topological polar surface area (TPSA) is 41.6 Å². The maximum Gasteiger partial charge on any atom is 0.233 e. The van der Waals surface area contributed by atoms with Gasteiger partial charge in [0.1, 0.15) is 0 Å². The van der Waals surface area contributed by atoms with Crippen LogP contribution in [0.25, 0.3) is 0 Å². The number of benzene rings is 1. The van der Waals surface area contributed by atoms with Gasteiger partial charge in [-0.3, -0.25) is 4.79 Å². The van der Waals surface area contributed by atoms with Gasteiger partial charge in [-0.05, 0) is 31.7 Å². The van der Waals surface area contributed by atoms with Crippen LogP contribution in [0.1, 0.15) is 18.5 Å². The second kappa shape index (κ2) is 7.67. The molecule has 1 aromatic rings. The van der Waals surface area contributed by atoms with Crippen LogP contribution in [-0.2, 0) is 9.53 Å². The minimum absolute atomic E-state index is 0.200. The lowest BCUT2D eigenvalue weighted by Gasteiger charge is -2.26. The van der Waals surface area contributed by atoms with E-state index in [1.54, 1.807) is 11.8 Å². The number of ether oxygens (including phenoxy) is 1. The first-order valence-corrected chi connectivity index (χ1v) is 7.95. The quantitative estimate of drug-likeness (QED) is 0.843. The Kier molecular flexibility index (Phi) is 5.88. The molecule has 20 heavy (non-hydrogen) atoms. The highest BCUT2D eigenvalue weighted by Crippen LogP contribution is 2.21. The molecule has 1 aliphatic rings. The summed E-state index contributed by atoms with van der Waals surface area (Å²) in [7, 11) is 1.95. The molecule has 5 heteroatoms. The van der Waals surface area contributed by atoms with Gasteiger partial charge in [0.05, 0.1) is 19.0 Å². The molecule has 0 aromatic heterocycles. The number of hydrogen-bond acceptors (Lipinski definition) is 4. The third-order valence-corrected chi connectivity index (χ3v) is 4.54. The van der Waals surface area contributed by atoms with Crippen molar-refractivity contribution in [1.29, 1.82) is 0 Å². The van der Waals surface area contributed by atoms with Gasteiger partial charge in [-0.2, -0.15) is 0 Å². The average molecular weight is 294 g/mol. The number of morpholine rings is 1. The van der Waals surface area contributed by atoms with Crippen LogP contribution >= 0.6 is 11.8 Å². The first-order valence-electron chi connectivity index (χ1n) is 6.96. The standard InChI is InChI=1S/C15H22N2O2S/c1-12(16-2)13-3-5-14(6-4-13)20-11-15(18)17-7-9-19-10-8-17/h3-6,12,16H,7-11H2,1-2H3. The van der Waals surface area contributed by atoms with Crippen LogP contribution in [0.3, 0.4) is 0 Å². The monoisotopic (exact) mass is 294 g/mol. The number of hydrogen-bond donors (Lipinski definition) is 1. The van der Waals surface area contributed by atoms with E-state index in [1.165, 1.54) is 5.56 Å². The van der Waals surface area contributed by atoms with Gasteiger partial charge in [-0.15, -0.1) is 11.8 Å². The fraction of sp³-hybridized carbons (Fsp3) is 0.533. The van der Waals surface area contributed by atoms with Gasteiger partial charge in [-0.1, -0.05) is 12.1 Å². The summed E-state index contributed by atoms with van der Waals surface area (Å²) in [6.07, 6.45) is 0. The molecule has 0 aliphatic carbocycles. The SMILES string of the molecule is CNC(C)c1ccc(SCC(=O)N2CCOCC2)cc1. The number of thioether (sulfide) groups is 1. The molecule has 1 aromatic carbocycles. The molecule has 0 bridgehead atoms. The molecule has 4 nitrogen and oxygen atoms in total. The molecule has 0 saturated carbocycles. The number of amides is 1.